The Morgan fingerprint density at radius 2 is 1.88 bits per heavy atom. The van der Waals surface area contributed by atoms with Gasteiger partial charge in [0.05, 0.1) is 22.3 Å². The third-order valence-corrected chi connectivity index (χ3v) is 6.76. The van der Waals surface area contributed by atoms with Crippen LogP contribution in [-0.4, -0.2) is 45.2 Å². The molecule has 0 unspecified atom stereocenters. The first kappa shape index (κ1) is 21.8. The highest BCUT2D eigenvalue weighted by Gasteiger charge is 2.25. The minimum atomic E-state index is -0.780. The van der Waals surface area contributed by atoms with Crippen LogP contribution < -0.4 is 5.32 Å². The maximum absolute atomic E-state index is 13.9. The molecule has 0 saturated carbocycles. The van der Waals surface area contributed by atoms with Gasteiger partial charge in [-0.05, 0) is 73.6 Å². The van der Waals surface area contributed by atoms with Crippen molar-refractivity contribution in [2.75, 3.05) is 19.6 Å². The molecule has 5 rings (SSSR count). The Hall–Kier alpha value is -3.04. The van der Waals surface area contributed by atoms with Gasteiger partial charge in [0.2, 0.25) is 0 Å². The van der Waals surface area contributed by atoms with Crippen molar-refractivity contribution < 1.29 is 13.6 Å². The summed E-state index contributed by atoms with van der Waals surface area (Å²) >= 11 is 1.05. The second-order valence-corrected chi connectivity index (χ2v) is 9.17. The van der Waals surface area contributed by atoms with Gasteiger partial charge >= 0.3 is 0 Å². The lowest BCUT2D eigenvalue weighted by Crippen LogP contribution is -2.32. The Kier molecular flexibility index (Phi) is 6.24. The standard InChI is InChI=1S/C24H23F2N5OS/c25-17-5-4-6-18(26)22(17)28-24-29-23(32)21(33-24)14-16-7-8-19-20(13-16)31(15-27-19)12-11-30-9-2-1-3-10-30/h4-8,13-15H,1-3,9-12H2,(H,28,29,32)/b21-14+. The van der Waals surface area contributed by atoms with Crippen LogP contribution in [0.15, 0.2) is 52.6 Å². The molecule has 0 radical (unpaired) electrons. The van der Waals surface area contributed by atoms with Crippen LogP contribution in [0.25, 0.3) is 17.1 Å². The van der Waals surface area contributed by atoms with E-state index in [1.54, 1.807) is 6.08 Å². The molecule has 1 amide bonds. The molecule has 2 aromatic carbocycles. The van der Waals surface area contributed by atoms with E-state index in [0.717, 1.165) is 66.7 Å². The van der Waals surface area contributed by atoms with E-state index in [1.807, 2.05) is 24.5 Å². The summed E-state index contributed by atoms with van der Waals surface area (Å²) in [6, 6.07) is 9.37. The number of carbonyl (C=O) groups is 1. The number of nitrogens with zero attached hydrogens (tertiary/aromatic N) is 4. The topological polar surface area (TPSA) is 62.5 Å². The fourth-order valence-corrected chi connectivity index (χ4v) is 4.93. The molecular weight excluding hydrogens is 444 g/mol. The summed E-state index contributed by atoms with van der Waals surface area (Å²) in [7, 11) is 0. The molecule has 2 fully saturated rings. The molecule has 3 heterocycles. The largest absolute Gasteiger partial charge is 0.329 e. The first-order valence-corrected chi connectivity index (χ1v) is 11.8. The van der Waals surface area contributed by atoms with Gasteiger partial charge < -0.3 is 14.8 Å². The summed E-state index contributed by atoms with van der Waals surface area (Å²) in [5.74, 6) is -1.91. The molecule has 2 aliphatic rings. The normalized spacial score (nSPS) is 19.6. The number of likely N-dealkylation sites (tertiary alicyclic amines) is 1. The minimum Gasteiger partial charge on any atom is -0.329 e. The SMILES string of the molecule is O=C1NC(=Nc2c(F)cccc2F)S/C1=C/c1ccc2ncn(CCN3CCCCC3)c2c1. The Balaban J connectivity index is 1.35. The van der Waals surface area contributed by atoms with Gasteiger partial charge in [-0.1, -0.05) is 18.6 Å². The van der Waals surface area contributed by atoms with Crippen molar-refractivity contribution in [3.8, 4) is 0 Å². The monoisotopic (exact) mass is 467 g/mol. The van der Waals surface area contributed by atoms with Gasteiger partial charge in [-0.15, -0.1) is 0 Å². The van der Waals surface area contributed by atoms with Crippen LogP contribution in [0.1, 0.15) is 24.8 Å². The van der Waals surface area contributed by atoms with Crippen LogP contribution in [0, 0.1) is 11.6 Å². The van der Waals surface area contributed by atoms with E-state index in [1.165, 1.54) is 25.3 Å². The number of hydrogen-bond acceptors (Lipinski definition) is 5. The Morgan fingerprint density at radius 3 is 2.67 bits per heavy atom. The van der Waals surface area contributed by atoms with Crippen LogP contribution in [0.3, 0.4) is 0 Å². The predicted molar refractivity (Wildman–Crippen MR) is 127 cm³/mol. The van der Waals surface area contributed by atoms with E-state index in [2.05, 4.69) is 24.8 Å². The lowest BCUT2D eigenvalue weighted by molar-refractivity contribution is -0.115. The smallest absolute Gasteiger partial charge is 0.264 e. The zero-order valence-electron chi connectivity index (χ0n) is 17.9. The molecule has 1 N–H and O–H groups in total. The molecular formula is C24H23F2N5OS. The molecule has 2 aliphatic heterocycles. The summed E-state index contributed by atoms with van der Waals surface area (Å²) in [4.78, 5) is 23.8. The van der Waals surface area contributed by atoms with Crippen LogP contribution in [0.2, 0.25) is 0 Å². The number of hydrogen-bond donors (Lipinski definition) is 1. The number of piperidine rings is 1. The highest BCUT2D eigenvalue weighted by atomic mass is 32.2. The maximum Gasteiger partial charge on any atom is 0.264 e. The van der Waals surface area contributed by atoms with Gasteiger partial charge in [-0.3, -0.25) is 4.79 Å². The summed E-state index contributed by atoms with van der Waals surface area (Å²) in [5.41, 5.74) is 2.34. The Morgan fingerprint density at radius 1 is 1.09 bits per heavy atom. The molecule has 2 saturated heterocycles. The molecule has 170 valence electrons. The van der Waals surface area contributed by atoms with Crippen molar-refractivity contribution in [1.82, 2.24) is 19.8 Å². The average Bonchev–Trinajstić information content (AvgIpc) is 3.38. The zero-order valence-corrected chi connectivity index (χ0v) is 18.7. The average molecular weight is 468 g/mol. The number of amides is 1. The molecule has 6 nitrogen and oxygen atoms in total. The molecule has 0 spiro atoms. The number of benzene rings is 2. The van der Waals surface area contributed by atoms with Gasteiger partial charge in [-0.25, -0.2) is 18.8 Å². The second kappa shape index (κ2) is 9.44. The minimum absolute atomic E-state index is 0.142. The lowest BCUT2D eigenvalue weighted by atomic mass is 10.1. The van der Waals surface area contributed by atoms with E-state index >= 15 is 0 Å². The van der Waals surface area contributed by atoms with Gasteiger partial charge in [0.1, 0.15) is 5.69 Å². The fraction of sp³-hybridized carbons (Fsp3) is 0.292. The lowest BCUT2D eigenvalue weighted by Gasteiger charge is -2.26. The molecule has 9 heteroatoms. The van der Waals surface area contributed by atoms with E-state index in [9.17, 15) is 13.6 Å². The molecule has 0 atom stereocenters. The van der Waals surface area contributed by atoms with Crippen LogP contribution >= 0.6 is 11.8 Å². The number of fused-ring (bicyclic) bond motifs is 1. The first-order valence-electron chi connectivity index (χ1n) is 11.0. The third-order valence-electron chi connectivity index (χ3n) is 5.85. The van der Waals surface area contributed by atoms with Crippen molar-refractivity contribution in [3.63, 3.8) is 0 Å². The van der Waals surface area contributed by atoms with Gasteiger partial charge in [0.15, 0.2) is 16.8 Å². The number of aliphatic imine (C=N–C) groups is 1. The Labute approximate surface area is 194 Å². The number of rotatable bonds is 5. The number of halogens is 2. The third kappa shape index (κ3) is 4.84. The van der Waals surface area contributed by atoms with Crippen LogP contribution in [-0.2, 0) is 11.3 Å². The van der Waals surface area contributed by atoms with Crippen molar-refractivity contribution in [2.45, 2.75) is 25.8 Å². The summed E-state index contributed by atoms with van der Waals surface area (Å²) in [5, 5.41) is 2.72. The number of thioether (sulfide) groups is 1. The van der Waals surface area contributed by atoms with Crippen molar-refractivity contribution >= 4 is 45.6 Å². The van der Waals surface area contributed by atoms with Crippen LogP contribution in [0.5, 0.6) is 0 Å². The Bertz CT molecular complexity index is 1240. The van der Waals surface area contributed by atoms with E-state index in [4.69, 9.17) is 0 Å². The summed E-state index contributed by atoms with van der Waals surface area (Å²) < 4.78 is 29.9. The highest BCUT2D eigenvalue weighted by molar-refractivity contribution is 8.18. The zero-order chi connectivity index (χ0) is 22.8. The molecule has 33 heavy (non-hydrogen) atoms. The van der Waals surface area contributed by atoms with Crippen molar-refractivity contribution in [1.29, 1.82) is 0 Å². The van der Waals surface area contributed by atoms with E-state index in [-0.39, 0.29) is 11.1 Å². The fourth-order valence-electron chi connectivity index (χ4n) is 4.10. The van der Waals surface area contributed by atoms with Crippen molar-refractivity contribution in [2.24, 2.45) is 4.99 Å². The molecule has 0 bridgehead atoms. The number of carbonyl (C=O) groups excluding carboxylic acids is 1. The number of para-hydroxylation sites is 1. The molecule has 1 aromatic heterocycles. The number of amidine groups is 1. The first-order chi connectivity index (χ1) is 16.1. The van der Waals surface area contributed by atoms with Gasteiger partial charge in [-0.2, -0.15) is 0 Å². The van der Waals surface area contributed by atoms with Gasteiger partial charge in [0.25, 0.3) is 5.91 Å². The summed E-state index contributed by atoms with van der Waals surface area (Å²) in [6.07, 6.45) is 7.45. The molecule has 3 aromatic rings. The van der Waals surface area contributed by atoms with Crippen molar-refractivity contribution in [3.05, 3.63) is 64.8 Å². The van der Waals surface area contributed by atoms with E-state index in [0.29, 0.717) is 4.91 Å². The number of imidazole rings is 1. The second-order valence-electron chi connectivity index (χ2n) is 8.14. The van der Waals surface area contributed by atoms with Crippen LogP contribution in [0.4, 0.5) is 14.5 Å². The maximum atomic E-state index is 13.9. The highest BCUT2D eigenvalue weighted by Crippen LogP contribution is 2.30. The predicted octanol–water partition coefficient (Wildman–Crippen LogP) is 4.69. The number of nitrogens with one attached hydrogen (secondary N) is 1. The quantitative estimate of drug-likeness (QED) is 0.553. The van der Waals surface area contributed by atoms with E-state index < -0.39 is 17.3 Å². The van der Waals surface area contributed by atoms with Gasteiger partial charge in [0, 0.05) is 13.1 Å². The molecule has 0 aliphatic carbocycles. The number of aromatic nitrogens is 2. The summed E-state index contributed by atoms with van der Waals surface area (Å²) in [6.45, 7) is 4.15.